The van der Waals surface area contributed by atoms with Crippen LogP contribution in [0.15, 0.2) is 12.1 Å². The fourth-order valence-electron chi connectivity index (χ4n) is 1.94. The lowest BCUT2D eigenvalue weighted by atomic mass is 9.90. The van der Waals surface area contributed by atoms with E-state index in [2.05, 4.69) is 0 Å². The van der Waals surface area contributed by atoms with E-state index in [9.17, 15) is 22.0 Å². The van der Waals surface area contributed by atoms with Crippen molar-refractivity contribution in [1.82, 2.24) is 0 Å². The predicted octanol–water partition coefficient (Wildman–Crippen LogP) is 3.16. The number of rotatable bonds is 2. The quantitative estimate of drug-likeness (QED) is 0.611. The fraction of sp³-hybridized carbons (Fsp3) is 0.143. The third-order valence-electron chi connectivity index (χ3n) is 3.08. The molecule has 0 aliphatic heterocycles. The average Bonchev–Trinajstić information content (AvgIpc) is 2.43. The van der Waals surface area contributed by atoms with E-state index in [0.29, 0.717) is 12.1 Å². The highest BCUT2D eigenvalue weighted by atomic mass is 19.2. The first-order chi connectivity index (χ1) is 9.79. The van der Waals surface area contributed by atoms with Crippen LogP contribution in [0.1, 0.15) is 5.56 Å². The van der Waals surface area contributed by atoms with Gasteiger partial charge >= 0.3 is 0 Å². The van der Waals surface area contributed by atoms with Gasteiger partial charge in [-0.05, 0) is 18.5 Å². The summed E-state index contributed by atoms with van der Waals surface area (Å²) in [4.78, 5) is 0. The number of benzene rings is 2. The monoisotopic (exact) mass is 298 g/mol. The Hall–Kier alpha value is -2.05. The van der Waals surface area contributed by atoms with Crippen molar-refractivity contribution in [3.63, 3.8) is 0 Å². The summed E-state index contributed by atoms with van der Waals surface area (Å²) in [5, 5.41) is 0. The van der Waals surface area contributed by atoms with Gasteiger partial charge in [-0.1, -0.05) is 0 Å². The summed E-state index contributed by atoms with van der Waals surface area (Å²) in [7, 11) is 6.19. The van der Waals surface area contributed by atoms with Gasteiger partial charge in [0.1, 0.15) is 31.1 Å². The molecule has 0 atom stereocenters. The molecule has 0 spiro atoms. The molecule has 7 heteroatoms. The summed E-state index contributed by atoms with van der Waals surface area (Å²) in [5.41, 5.74) is -2.63. The molecular formula is C14H8BF5O. The largest absolute Gasteiger partial charge is 0.493 e. The molecule has 0 fully saturated rings. The van der Waals surface area contributed by atoms with Crippen molar-refractivity contribution in [2.24, 2.45) is 0 Å². The maximum Gasteiger partial charge on any atom is 0.162 e. The number of hydrogen-bond donors (Lipinski definition) is 0. The van der Waals surface area contributed by atoms with Crippen LogP contribution in [0.4, 0.5) is 22.0 Å². The van der Waals surface area contributed by atoms with Crippen LogP contribution in [0.25, 0.3) is 11.1 Å². The first kappa shape index (κ1) is 15.3. The van der Waals surface area contributed by atoms with E-state index < -0.39 is 57.0 Å². The standard InChI is InChI=1S/C14H8BF5O/c1-5-7(16)4-8(17)10(12(5)19)6-3-9(18)11(15)13(20)14(6)21-2/h3-4H,1-2H3. The van der Waals surface area contributed by atoms with E-state index in [1.165, 1.54) is 0 Å². The average molecular weight is 298 g/mol. The smallest absolute Gasteiger partial charge is 0.162 e. The Morgan fingerprint density at radius 1 is 0.905 bits per heavy atom. The van der Waals surface area contributed by atoms with Gasteiger partial charge < -0.3 is 4.74 Å². The minimum Gasteiger partial charge on any atom is -0.493 e. The van der Waals surface area contributed by atoms with E-state index in [0.717, 1.165) is 14.0 Å². The molecule has 2 aromatic rings. The van der Waals surface area contributed by atoms with Crippen LogP contribution in [-0.4, -0.2) is 15.0 Å². The van der Waals surface area contributed by atoms with Crippen molar-refractivity contribution in [3.8, 4) is 16.9 Å². The first-order valence-corrected chi connectivity index (χ1v) is 5.75. The summed E-state index contributed by atoms with van der Waals surface area (Å²) in [6.07, 6.45) is 0. The number of methoxy groups -OCH3 is 1. The number of hydrogen-bond acceptors (Lipinski definition) is 1. The van der Waals surface area contributed by atoms with Crippen LogP contribution >= 0.6 is 0 Å². The molecule has 108 valence electrons. The molecule has 0 amide bonds. The van der Waals surface area contributed by atoms with E-state index >= 15 is 0 Å². The maximum absolute atomic E-state index is 14.1. The zero-order valence-corrected chi connectivity index (χ0v) is 11.0. The molecule has 0 bridgehead atoms. The van der Waals surface area contributed by atoms with Crippen LogP contribution < -0.4 is 10.2 Å². The lowest BCUT2D eigenvalue weighted by molar-refractivity contribution is 0.387. The Labute approximate surface area is 118 Å². The molecule has 0 saturated carbocycles. The summed E-state index contributed by atoms with van der Waals surface area (Å²) in [5.74, 6) is -6.80. The molecule has 0 heterocycles. The SMILES string of the molecule is [B]c1c(F)cc(-c2c(F)cc(F)c(C)c2F)c(OC)c1F. The van der Waals surface area contributed by atoms with Crippen molar-refractivity contribution in [1.29, 1.82) is 0 Å². The lowest BCUT2D eigenvalue weighted by Crippen LogP contribution is -2.16. The molecule has 0 aliphatic rings. The zero-order chi connectivity index (χ0) is 15.9. The van der Waals surface area contributed by atoms with Gasteiger partial charge in [-0.15, -0.1) is 0 Å². The van der Waals surface area contributed by atoms with Gasteiger partial charge in [0.25, 0.3) is 0 Å². The summed E-state index contributed by atoms with van der Waals surface area (Å²) in [6, 6.07) is 1.06. The van der Waals surface area contributed by atoms with Gasteiger partial charge in [0.15, 0.2) is 11.6 Å². The van der Waals surface area contributed by atoms with E-state index in [1.54, 1.807) is 0 Å². The Bertz CT molecular complexity index is 730. The van der Waals surface area contributed by atoms with Gasteiger partial charge in [-0.3, -0.25) is 0 Å². The van der Waals surface area contributed by atoms with Gasteiger partial charge in [-0.25, -0.2) is 22.0 Å². The highest BCUT2D eigenvalue weighted by Gasteiger charge is 2.24. The van der Waals surface area contributed by atoms with Crippen molar-refractivity contribution >= 4 is 13.3 Å². The molecule has 0 aliphatic carbocycles. The Morgan fingerprint density at radius 3 is 2.10 bits per heavy atom. The zero-order valence-electron chi connectivity index (χ0n) is 11.0. The molecule has 1 nitrogen and oxygen atoms in total. The summed E-state index contributed by atoms with van der Waals surface area (Å²) in [6.45, 7) is 1.07. The molecule has 2 radical (unpaired) electrons. The topological polar surface area (TPSA) is 9.23 Å². The molecule has 0 unspecified atom stereocenters. The van der Waals surface area contributed by atoms with Gasteiger partial charge in [-0.2, -0.15) is 0 Å². The highest BCUT2D eigenvalue weighted by Crippen LogP contribution is 2.37. The van der Waals surface area contributed by atoms with Crippen LogP contribution in [0, 0.1) is 36.0 Å². The second-order valence-corrected chi connectivity index (χ2v) is 4.32. The summed E-state index contributed by atoms with van der Waals surface area (Å²) >= 11 is 0. The molecule has 0 aromatic heterocycles. The van der Waals surface area contributed by atoms with Crippen molar-refractivity contribution in [2.45, 2.75) is 6.92 Å². The second kappa shape index (κ2) is 5.39. The molecule has 2 rings (SSSR count). The van der Waals surface area contributed by atoms with E-state index in [-0.39, 0.29) is 0 Å². The van der Waals surface area contributed by atoms with Crippen molar-refractivity contribution < 1.29 is 26.7 Å². The normalized spacial score (nSPS) is 10.8. The van der Waals surface area contributed by atoms with Gasteiger partial charge in [0.05, 0.1) is 12.7 Å². The summed E-state index contributed by atoms with van der Waals surface area (Å²) < 4.78 is 73.3. The first-order valence-electron chi connectivity index (χ1n) is 5.75. The van der Waals surface area contributed by atoms with Crippen molar-refractivity contribution in [3.05, 3.63) is 46.8 Å². The molecular weight excluding hydrogens is 290 g/mol. The van der Waals surface area contributed by atoms with Crippen LogP contribution in [-0.2, 0) is 0 Å². The Morgan fingerprint density at radius 2 is 1.52 bits per heavy atom. The molecule has 0 saturated heterocycles. The van der Waals surface area contributed by atoms with Crippen LogP contribution in [0.5, 0.6) is 5.75 Å². The highest BCUT2D eigenvalue weighted by molar-refractivity contribution is 6.33. The molecule has 2 aromatic carbocycles. The molecule has 21 heavy (non-hydrogen) atoms. The van der Waals surface area contributed by atoms with Gasteiger partial charge in [0.2, 0.25) is 0 Å². The molecule has 0 N–H and O–H groups in total. The second-order valence-electron chi connectivity index (χ2n) is 4.32. The predicted molar refractivity (Wildman–Crippen MR) is 68.3 cm³/mol. The minimum atomic E-state index is -1.31. The fourth-order valence-corrected chi connectivity index (χ4v) is 1.94. The van der Waals surface area contributed by atoms with Gasteiger partial charge in [0, 0.05) is 17.2 Å². The van der Waals surface area contributed by atoms with Crippen molar-refractivity contribution in [2.75, 3.05) is 7.11 Å². The maximum atomic E-state index is 14.1. The lowest BCUT2D eigenvalue weighted by Gasteiger charge is -2.15. The Balaban J connectivity index is 2.89. The van der Waals surface area contributed by atoms with Crippen LogP contribution in [0.3, 0.4) is 0 Å². The van der Waals surface area contributed by atoms with Crippen LogP contribution in [0.2, 0.25) is 0 Å². The van der Waals surface area contributed by atoms with E-state index in [4.69, 9.17) is 12.6 Å². The third-order valence-corrected chi connectivity index (χ3v) is 3.08. The Kier molecular flexibility index (Phi) is 3.94. The van der Waals surface area contributed by atoms with E-state index in [1.807, 2.05) is 0 Å². The third kappa shape index (κ3) is 2.37. The number of halogens is 5. The number of ether oxygens (including phenoxy) is 1. The minimum absolute atomic E-state index is 0.430.